The number of hydrogen-bond donors (Lipinski definition) is 0. The highest BCUT2D eigenvalue weighted by molar-refractivity contribution is 6.30. The van der Waals surface area contributed by atoms with Crippen LogP contribution in [0.2, 0.25) is 0 Å². The molecule has 4 rings (SSSR count). The van der Waals surface area contributed by atoms with Crippen molar-refractivity contribution in [2.45, 2.75) is 55.7 Å². The van der Waals surface area contributed by atoms with Crippen LogP contribution in [0.4, 0.5) is 0 Å². The SMILES string of the molecule is CCOC(=O)C(Cl)C12CC3CC(CC(Cl)(C3)C1)C2. The first-order valence-electron chi connectivity index (χ1n) is 6.96. The van der Waals surface area contributed by atoms with E-state index < -0.39 is 5.38 Å². The highest BCUT2D eigenvalue weighted by Gasteiger charge is 2.60. The third-order valence-electron chi connectivity index (χ3n) is 5.07. The molecule has 2 nitrogen and oxygen atoms in total. The second kappa shape index (κ2) is 4.28. The Bertz CT molecular complexity index is 355. The summed E-state index contributed by atoms with van der Waals surface area (Å²) in [5.74, 6) is 1.08. The molecule has 0 heterocycles. The van der Waals surface area contributed by atoms with Crippen LogP contribution in [0.15, 0.2) is 0 Å². The van der Waals surface area contributed by atoms with E-state index in [9.17, 15) is 4.79 Å². The fraction of sp³-hybridized carbons (Fsp3) is 0.929. The molecule has 4 bridgehead atoms. The van der Waals surface area contributed by atoms with Crippen LogP contribution in [0.25, 0.3) is 0 Å². The van der Waals surface area contributed by atoms with E-state index in [-0.39, 0.29) is 16.3 Å². The van der Waals surface area contributed by atoms with Crippen molar-refractivity contribution in [2.24, 2.45) is 17.3 Å². The van der Waals surface area contributed by atoms with Gasteiger partial charge in [-0.1, -0.05) is 0 Å². The van der Waals surface area contributed by atoms with Crippen LogP contribution in [-0.4, -0.2) is 22.8 Å². The van der Waals surface area contributed by atoms with Gasteiger partial charge in [0, 0.05) is 4.87 Å². The summed E-state index contributed by atoms with van der Waals surface area (Å²) >= 11 is 13.2. The van der Waals surface area contributed by atoms with Crippen molar-refractivity contribution in [2.75, 3.05) is 6.61 Å². The first-order chi connectivity index (χ1) is 8.46. The topological polar surface area (TPSA) is 26.3 Å². The molecule has 0 amide bonds. The first kappa shape index (κ1) is 13.1. The molecule has 0 aromatic carbocycles. The molecule has 4 aliphatic rings. The second-order valence-corrected chi connectivity index (χ2v) is 7.83. The number of esters is 1. The van der Waals surface area contributed by atoms with Gasteiger partial charge < -0.3 is 4.74 Å². The fourth-order valence-electron chi connectivity index (χ4n) is 4.98. The number of alkyl halides is 2. The number of halogens is 2. The molecular weight excluding hydrogens is 271 g/mol. The van der Waals surface area contributed by atoms with Crippen molar-refractivity contribution in [3.05, 3.63) is 0 Å². The van der Waals surface area contributed by atoms with E-state index in [1.807, 2.05) is 6.92 Å². The van der Waals surface area contributed by atoms with E-state index in [0.717, 1.165) is 32.1 Å². The summed E-state index contributed by atoms with van der Waals surface area (Å²) in [5.41, 5.74) is -0.0976. The Balaban J connectivity index is 1.84. The van der Waals surface area contributed by atoms with Crippen LogP contribution in [-0.2, 0) is 9.53 Å². The van der Waals surface area contributed by atoms with Gasteiger partial charge in [-0.15, -0.1) is 23.2 Å². The lowest BCUT2D eigenvalue weighted by Crippen LogP contribution is -2.57. The minimum Gasteiger partial charge on any atom is -0.465 e. The van der Waals surface area contributed by atoms with E-state index in [1.54, 1.807) is 0 Å². The summed E-state index contributed by atoms with van der Waals surface area (Å²) in [7, 11) is 0. The highest BCUT2D eigenvalue weighted by Crippen LogP contribution is 2.65. The molecule has 0 N–H and O–H groups in total. The lowest BCUT2D eigenvalue weighted by atomic mass is 9.48. The zero-order valence-corrected chi connectivity index (χ0v) is 12.3. The van der Waals surface area contributed by atoms with E-state index in [0.29, 0.717) is 18.4 Å². The molecule has 3 atom stereocenters. The summed E-state index contributed by atoms with van der Waals surface area (Å²) in [6.45, 7) is 2.22. The molecule has 0 aromatic rings. The van der Waals surface area contributed by atoms with Crippen molar-refractivity contribution in [1.82, 2.24) is 0 Å². The van der Waals surface area contributed by atoms with Crippen molar-refractivity contribution in [3.63, 3.8) is 0 Å². The fourth-order valence-corrected chi connectivity index (χ4v) is 6.00. The quantitative estimate of drug-likeness (QED) is 0.585. The molecule has 102 valence electrons. The van der Waals surface area contributed by atoms with Gasteiger partial charge in [0.25, 0.3) is 0 Å². The van der Waals surface area contributed by atoms with Crippen LogP contribution in [0.5, 0.6) is 0 Å². The Morgan fingerprint density at radius 2 is 1.94 bits per heavy atom. The molecule has 4 fully saturated rings. The largest absolute Gasteiger partial charge is 0.465 e. The van der Waals surface area contributed by atoms with Crippen LogP contribution >= 0.6 is 23.2 Å². The van der Waals surface area contributed by atoms with Gasteiger partial charge in [-0.05, 0) is 62.7 Å². The standard InChI is InChI=1S/C14H20Cl2O2/c1-2-18-12(17)11(15)13-4-9-3-10(5-13)7-14(16,6-9)8-13/h9-11H,2-8H2,1H3. The van der Waals surface area contributed by atoms with Gasteiger partial charge >= 0.3 is 5.97 Å². The van der Waals surface area contributed by atoms with Crippen molar-refractivity contribution in [3.8, 4) is 0 Å². The predicted octanol–water partition coefficient (Wildman–Crippen LogP) is 3.73. The minimum absolute atomic E-state index is 0.0935. The van der Waals surface area contributed by atoms with Gasteiger partial charge in [0.15, 0.2) is 0 Å². The van der Waals surface area contributed by atoms with E-state index >= 15 is 0 Å². The van der Waals surface area contributed by atoms with Gasteiger partial charge in [-0.3, -0.25) is 4.79 Å². The zero-order chi connectivity index (χ0) is 13.0. The maximum absolute atomic E-state index is 12.0. The molecular formula is C14H20Cl2O2. The third-order valence-corrected chi connectivity index (χ3v) is 6.15. The Hall–Kier alpha value is 0.0500. The summed E-state index contributed by atoms with van der Waals surface area (Å²) in [4.78, 5) is 11.9. The van der Waals surface area contributed by atoms with Gasteiger partial charge in [-0.25, -0.2) is 0 Å². The Labute approximate surface area is 118 Å². The molecule has 4 saturated carbocycles. The summed E-state index contributed by atoms with van der Waals surface area (Å²) in [5, 5.41) is -0.513. The number of ether oxygens (including phenoxy) is 1. The lowest BCUT2D eigenvalue weighted by molar-refractivity contribution is -0.149. The van der Waals surface area contributed by atoms with Crippen LogP contribution < -0.4 is 0 Å². The minimum atomic E-state index is -0.513. The smallest absolute Gasteiger partial charge is 0.324 e. The van der Waals surface area contributed by atoms with E-state index in [1.165, 1.54) is 6.42 Å². The Morgan fingerprint density at radius 3 is 2.44 bits per heavy atom. The summed E-state index contributed by atoms with van der Waals surface area (Å²) in [6.07, 6.45) is 6.51. The average molecular weight is 291 g/mol. The van der Waals surface area contributed by atoms with Crippen LogP contribution in [0.3, 0.4) is 0 Å². The average Bonchev–Trinajstić information content (AvgIpc) is 2.24. The monoisotopic (exact) mass is 290 g/mol. The normalized spacial score (nSPS) is 47.1. The summed E-state index contributed by atoms with van der Waals surface area (Å²) < 4.78 is 5.11. The van der Waals surface area contributed by atoms with Gasteiger partial charge in [0.1, 0.15) is 5.38 Å². The molecule has 0 aromatic heterocycles. The van der Waals surface area contributed by atoms with Crippen molar-refractivity contribution < 1.29 is 9.53 Å². The number of rotatable bonds is 3. The second-order valence-electron chi connectivity index (χ2n) is 6.59. The van der Waals surface area contributed by atoms with Crippen molar-refractivity contribution >= 4 is 29.2 Å². The predicted molar refractivity (Wildman–Crippen MR) is 72.0 cm³/mol. The molecule has 0 aliphatic heterocycles. The van der Waals surface area contributed by atoms with Gasteiger partial charge in [0.05, 0.1) is 6.61 Å². The molecule has 4 heteroatoms. The maximum atomic E-state index is 12.0. The van der Waals surface area contributed by atoms with Crippen LogP contribution in [0, 0.1) is 17.3 Å². The van der Waals surface area contributed by atoms with Crippen LogP contribution in [0.1, 0.15) is 45.4 Å². The van der Waals surface area contributed by atoms with Crippen molar-refractivity contribution in [1.29, 1.82) is 0 Å². The Kier molecular flexibility index (Phi) is 3.10. The van der Waals surface area contributed by atoms with Gasteiger partial charge in [-0.2, -0.15) is 0 Å². The molecule has 3 unspecified atom stereocenters. The molecule has 18 heavy (non-hydrogen) atoms. The Morgan fingerprint density at radius 1 is 1.33 bits per heavy atom. The number of carbonyl (C=O) groups is 1. The molecule has 0 spiro atoms. The van der Waals surface area contributed by atoms with E-state index in [2.05, 4.69) is 0 Å². The molecule has 0 saturated heterocycles. The molecule has 4 aliphatic carbocycles. The zero-order valence-electron chi connectivity index (χ0n) is 10.8. The first-order valence-corrected chi connectivity index (χ1v) is 7.77. The van der Waals surface area contributed by atoms with Gasteiger partial charge in [0.2, 0.25) is 0 Å². The maximum Gasteiger partial charge on any atom is 0.324 e. The lowest BCUT2D eigenvalue weighted by Gasteiger charge is -2.60. The van der Waals surface area contributed by atoms with E-state index in [4.69, 9.17) is 27.9 Å². The molecule has 0 radical (unpaired) electrons. The third kappa shape index (κ3) is 1.96. The highest BCUT2D eigenvalue weighted by atomic mass is 35.5. The number of carbonyl (C=O) groups excluding carboxylic acids is 1. The summed E-state index contributed by atoms with van der Waals surface area (Å²) in [6, 6.07) is 0. The number of hydrogen-bond acceptors (Lipinski definition) is 2.